The summed E-state index contributed by atoms with van der Waals surface area (Å²) in [5.74, 6) is -2.13. The summed E-state index contributed by atoms with van der Waals surface area (Å²) in [7, 11) is 0. The number of halogens is 6. The fourth-order valence-corrected chi connectivity index (χ4v) is 4.60. The van der Waals surface area contributed by atoms with Crippen LogP contribution in [-0.4, -0.2) is 32.6 Å². The maximum absolute atomic E-state index is 13.5. The van der Waals surface area contributed by atoms with Crippen LogP contribution in [-0.2, 0) is 11.0 Å². The highest BCUT2D eigenvalue weighted by Crippen LogP contribution is 2.41. The summed E-state index contributed by atoms with van der Waals surface area (Å²) < 4.78 is 41.2. The molecule has 7 nitrogen and oxygen atoms in total. The lowest BCUT2D eigenvalue weighted by atomic mass is 9.83. The number of hydrogen-bond acceptors (Lipinski definition) is 4. The molecule has 2 N–H and O–H groups in total. The second-order valence-electron chi connectivity index (χ2n) is 8.52. The van der Waals surface area contributed by atoms with Crippen LogP contribution in [0.5, 0.6) is 0 Å². The highest BCUT2D eigenvalue weighted by molar-refractivity contribution is 6.33. The van der Waals surface area contributed by atoms with Gasteiger partial charge in [-0.15, -0.1) is 0 Å². The highest BCUT2D eigenvalue weighted by Gasteiger charge is 2.38. The van der Waals surface area contributed by atoms with Gasteiger partial charge in [-0.05, 0) is 50.1 Å². The van der Waals surface area contributed by atoms with Crippen LogP contribution in [0.4, 0.5) is 13.2 Å². The van der Waals surface area contributed by atoms with Crippen molar-refractivity contribution in [2.45, 2.75) is 32.5 Å². The summed E-state index contributed by atoms with van der Waals surface area (Å²) in [6.07, 6.45) is 1.79. The Morgan fingerprint density at radius 2 is 1.89 bits per heavy atom. The minimum absolute atomic E-state index is 0.0268. The van der Waals surface area contributed by atoms with Crippen molar-refractivity contribution in [2.75, 3.05) is 0 Å². The van der Waals surface area contributed by atoms with Crippen molar-refractivity contribution in [3.05, 3.63) is 85.9 Å². The second-order valence-corrected chi connectivity index (χ2v) is 9.77. The van der Waals surface area contributed by atoms with E-state index in [1.165, 1.54) is 18.3 Å². The van der Waals surface area contributed by atoms with E-state index in [2.05, 4.69) is 20.7 Å². The molecular weight excluding hydrogens is 554 g/mol. The summed E-state index contributed by atoms with van der Waals surface area (Å²) in [4.78, 5) is 30.4. The van der Waals surface area contributed by atoms with Gasteiger partial charge >= 0.3 is 6.18 Å². The average Bonchev–Trinajstić information content (AvgIpc) is 3.26. The summed E-state index contributed by atoms with van der Waals surface area (Å²) >= 11 is 18.9. The number of aromatic nitrogens is 3. The van der Waals surface area contributed by atoms with E-state index in [0.29, 0.717) is 27.8 Å². The van der Waals surface area contributed by atoms with Crippen molar-refractivity contribution in [3.8, 4) is 5.82 Å². The lowest BCUT2D eigenvalue weighted by Crippen LogP contribution is -2.37. The average molecular weight is 573 g/mol. The monoisotopic (exact) mass is 571 g/mol. The van der Waals surface area contributed by atoms with E-state index in [1.807, 2.05) is 0 Å². The third-order valence-electron chi connectivity index (χ3n) is 5.46. The topological polar surface area (TPSA) is 88.9 Å². The molecule has 0 bridgehead atoms. The lowest BCUT2D eigenvalue weighted by molar-refractivity contribution is -0.141. The van der Waals surface area contributed by atoms with Gasteiger partial charge in [-0.25, -0.2) is 9.67 Å². The third-order valence-corrected chi connectivity index (χ3v) is 6.47. The van der Waals surface area contributed by atoms with Crippen molar-refractivity contribution in [2.24, 2.45) is 5.92 Å². The van der Waals surface area contributed by atoms with Crippen molar-refractivity contribution in [1.82, 2.24) is 25.4 Å². The Morgan fingerprint density at radius 1 is 1.16 bits per heavy atom. The zero-order valence-electron chi connectivity index (χ0n) is 19.3. The van der Waals surface area contributed by atoms with Crippen LogP contribution < -0.4 is 10.6 Å². The van der Waals surface area contributed by atoms with Crippen molar-refractivity contribution >= 4 is 46.6 Å². The largest absolute Gasteiger partial charge is 0.435 e. The molecule has 0 spiro atoms. The zero-order valence-corrected chi connectivity index (χ0v) is 21.6. The SMILES string of the molecule is CC(C)NC(=O)C1=CC2=CC(Cl)=CCC2C(Cl)=C1NC(=O)c1cc(C(F)(F)F)nn1-c1ncccc1Cl. The predicted octanol–water partition coefficient (Wildman–Crippen LogP) is 5.65. The molecule has 13 heteroatoms. The quantitative estimate of drug-likeness (QED) is 0.484. The number of hydrogen-bond donors (Lipinski definition) is 2. The molecule has 1 atom stereocenters. The van der Waals surface area contributed by atoms with E-state index in [4.69, 9.17) is 34.8 Å². The number of nitrogens with zero attached hydrogens (tertiary/aromatic N) is 3. The number of fused-ring (bicyclic) bond motifs is 1. The van der Waals surface area contributed by atoms with Gasteiger partial charge in [0.2, 0.25) is 0 Å². The first-order valence-corrected chi connectivity index (χ1v) is 12.1. The summed E-state index contributed by atoms with van der Waals surface area (Å²) in [5.41, 5.74) is -1.19. The summed E-state index contributed by atoms with van der Waals surface area (Å²) in [6, 6.07) is 3.21. The van der Waals surface area contributed by atoms with Crippen LogP contribution >= 0.6 is 34.8 Å². The molecule has 2 amide bonds. The fourth-order valence-electron chi connectivity index (χ4n) is 3.82. The Morgan fingerprint density at radius 3 is 2.54 bits per heavy atom. The number of carbonyl (C=O) groups is 2. The number of rotatable bonds is 5. The molecule has 194 valence electrons. The molecule has 0 aliphatic heterocycles. The molecule has 2 aliphatic rings. The Labute approximate surface area is 224 Å². The third kappa shape index (κ3) is 5.61. The highest BCUT2D eigenvalue weighted by atomic mass is 35.5. The van der Waals surface area contributed by atoms with Crippen LogP contribution in [0.3, 0.4) is 0 Å². The molecule has 0 saturated carbocycles. The first-order chi connectivity index (χ1) is 17.4. The van der Waals surface area contributed by atoms with Gasteiger partial charge in [0.25, 0.3) is 11.8 Å². The number of alkyl halides is 3. The Bertz CT molecular complexity index is 1410. The number of carbonyl (C=O) groups excluding carboxylic acids is 2. The smallest absolute Gasteiger partial charge is 0.350 e. The van der Waals surface area contributed by atoms with Gasteiger partial charge in [0.05, 0.1) is 21.3 Å². The molecule has 4 rings (SSSR count). The first-order valence-electron chi connectivity index (χ1n) is 11.0. The minimum atomic E-state index is -4.85. The van der Waals surface area contributed by atoms with Crippen molar-refractivity contribution < 1.29 is 22.8 Å². The molecule has 2 aliphatic carbocycles. The fraction of sp³-hybridized carbons (Fsp3) is 0.250. The Kier molecular flexibility index (Phi) is 7.55. The normalized spacial score (nSPS) is 17.6. The van der Waals surface area contributed by atoms with E-state index in [0.717, 1.165) is 0 Å². The van der Waals surface area contributed by atoms with Crippen molar-refractivity contribution in [1.29, 1.82) is 0 Å². The first kappa shape index (κ1) is 27.0. The van der Waals surface area contributed by atoms with E-state index in [9.17, 15) is 22.8 Å². The van der Waals surface area contributed by atoms with Gasteiger partial charge in [0, 0.05) is 29.3 Å². The molecule has 2 aromatic rings. The van der Waals surface area contributed by atoms with Crippen LogP contribution in [0.2, 0.25) is 5.02 Å². The molecular formula is C24H19Cl3F3N5O2. The number of nitrogens with one attached hydrogen (secondary N) is 2. The molecule has 2 aromatic heterocycles. The molecule has 0 fully saturated rings. The van der Waals surface area contributed by atoms with Gasteiger partial charge < -0.3 is 10.6 Å². The molecule has 0 radical (unpaired) electrons. The van der Waals surface area contributed by atoms with Crippen LogP contribution in [0.25, 0.3) is 5.82 Å². The van der Waals surface area contributed by atoms with E-state index in [1.54, 1.807) is 32.1 Å². The Hall–Kier alpha value is -3.08. The van der Waals surface area contributed by atoms with E-state index >= 15 is 0 Å². The molecule has 37 heavy (non-hydrogen) atoms. The van der Waals surface area contributed by atoms with Gasteiger partial charge in [0.1, 0.15) is 5.69 Å². The second kappa shape index (κ2) is 10.4. The minimum Gasteiger partial charge on any atom is -0.350 e. The Balaban J connectivity index is 1.79. The van der Waals surface area contributed by atoms with Crippen LogP contribution in [0.1, 0.15) is 36.5 Å². The van der Waals surface area contributed by atoms with Crippen LogP contribution in [0.15, 0.2) is 69.5 Å². The van der Waals surface area contributed by atoms with Gasteiger partial charge in [0.15, 0.2) is 11.5 Å². The van der Waals surface area contributed by atoms with Crippen molar-refractivity contribution in [3.63, 3.8) is 0 Å². The number of pyridine rings is 1. The molecule has 0 aromatic carbocycles. The lowest BCUT2D eigenvalue weighted by Gasteiger charge is -2.29. The summed E-state index contributed by atoms with van der Waals surface area (Å²) in [6.45, 7) is 3.50. The van der Waals surface area contributed by atoms with E-state index < -0.39 is 35.3 Å². The molecule has 1 unspecified atom stereocenters. The standard InChI is InChI=1S/C24H19Cl3F3N5O2/c1-11(2)32-22(36)15-9-12-8-13(25)5-6-14(12)19(27)20(15)33-23(37)17-10-18(24(28,29)30)34-35(17)21-16(26)4-3-7-31-21/h3-5,7-11,14H,6H2,1-2H3,(H,32,36)(H,33,37). The number of amides is 2. The van der Waals surface area contributed by atoms with Gasteiger partial charge in [-0.2, -0.15) is 18.3 Å². The van der Waals surface area contributed by atoms with Gasteiger partial charge in [-0.3, -0.25) is 9.59 Å². The summed E-state index contributed by atoms with van der Waals surface area (Å²) in [5, 5.41) is 9.36. The predicted molar refractivity (Wildman–Crippen MR) is 133 cm³/mol. The number of allylic oxidation sites excluding steroid dienone is 6. The molecule has 0 saturated heterocycles. The van der Waals surface area contributed by atoms with Gasteiger partial charge in [-0.1, -0.05) is 40.9 Å². The van der Waals surface area contributed by atoms with E-state index in [-0.39, 0.29) is 33.2 Å². The van der Waals surface area contributed by atoms with Crippen LogP contribution in [0, 0.1) is 5.92 Å². The maximum Gasteiger partial charge on any atom is 0.435 e. The maximum atomic E-state index is 13.5. The zero-order chi connectivity index (χ0) is 27.1. The molecule has 2 heterocycles.